The van der Waals surface area contributed by atoms with Crippen molar-refractivity contribution in [3.63, 3.8) is 0 Å². The van der Waals surface area contributed by atoms with Crippen molar-refractivity contribution in [2.75, 3.05) is 0 Å². The monoisotopic (exact) mass is 740 g/mol. The molecule has 1 fully saturated rings. The lowest BCUT2D eigenvalue weighted by Gasteiger charge is -2.30. The van der Waals surface area contributed by atoms with Gasteiger partial charge < -0.3 is 40.2 Å². The summed E-state index contributed by atoms with van der Waals surface area (Å²) in [5, 5.41) is 10.1. The van der Waals surface area contributed by atoms with Gasteiger partial charge in [-0.2, -0.15) is 0 Å². The van der Waals surface area contributed by atoms with Crippen molar-refractivity contribution in [1.29, 1.82) is 0 Å². The molecular formula is C36H60N4O12. The number of cyclic esters (lactones) is 4. The second-order valence-corrected chi connectivity index (χ2v) is 15.3. The Labute approximate surface area is 306 Å². The fourth-order valence-electron chi connectivity index (χ4n) is 4.99. The van der Waals surface area contributed by atoms with Crippen molar-refractivity contribution in [2.24, 2.45) is 35.5 Å². The summed E-state index contributed by atoms with van der Waals surface area (Å²) in [5.74, 6) is -10.4. The first-order valence-electron chi connectivity index (χ1n) is 17.9. The average molecular weight is 741 g/mol. The molecule has 16 nitrogen and oxygen atoms in total. The van der Waals surface area contributed by atoms with Crippen molar-refractivity contribution >= 4 is 47.5 Å². The zero-order valence-electron chi connectivity index (χ0n) is 33.0. The van der Waals surface area contributed by atoms with Crippen molar-refractivity contribution in [1.82, 2.24) is 21.3 Å². The Morgan fingerprint density at radius 2 is 0.558 bits per heavy atom. The number of carbonyl (C=O) groups excluding carboxylic acids is 8. The van der Waals surface area contributed by atoms with E-state index in [0.717, 1.165) is 0 Å². The molecule has 0 bridgehead atoms. The highest BCUT2D eigenvalue weighted by molar-refractivity contribution is 5.94. The van der Waals surface area contributed by atoms with E-state index in [4.69, 9.17) is 18.9 Å². The number of rotatable bonds is 6. The first-order chi connectivity index (χ1) is 23.9. The molecule has 1 heterocycles. The van der Waals surface area contributed by atoms with Gasteiger partial charge in [-0.3, -0.25) is 19.2 Å². The summed E-state index contributed by atoms with van der Waals surface area (Å²) in [7, 11) is 0. The third-order valence-corrected chi connectivity index (χ3v) is 8.41. The number of amides is 4. The third-order valence-electron chi connectivity index (χ3n) is 8.41. The van der Waals surface area contributed by atoms with Gasteiger partial charge in [0, 0.05) is 0 Å². The van der Waals surface area contributed by atoms with Gasteiger partial charge in [0.25, 0.3) is 23.6 Å². The summed E-state index contributed by atoms with van der Waals surface area (Å²) >= 11 is 0. The molecule has 0 spiro atoms. The van der Waals surface area contributed by atoms with Gasteiger partial charge in [0.2, 0.25) is 0 Å². The normalized spacial score (nSPS) is 28.8. The zero-order chi connectivity index (χ0) is 40.4. The summed E-state index contributed by atoms with van der Waals surface area (Å²) in [6, 6.07) is -5.07. The van der Waals surface area contributed by atoms with Crippen LogP contribution in [0.15, 0.2) is 0 Å². The summed E-state index contributed by atoms with van der Waals surface area (Å²) in [6.45, 7) is 22.1. The van der Waals surface area contributed by atoms with Crippen LogP contribution in [0.4, 0.5) is 0 Å². The summed E-state index contributed by atoms with van der Waals surface area (Å²) in [4.78, 5) is 107. The molecule has 0 aromatic heterocycles. The number of esters is 4. The molecule has 4 N–H and O–H groups in total. The lowest BCUT2D eigenvalue weighted by Crippen LogP contribution is -2.56. The number of carbonyl (C=O) groups is 8. The smallest absolute Gasteiger partial charge is 0.329 e. The van der Waals surface area contributed by atoms with E-state index in [2.05, 4.69) is 21.3 Å². The van der Waals surface area contributed by atoms with E-state index in [-0.39, 0.29) is 0 Å². The number of hydrogen-bond donors (Lipinski definition) is 4. The molecule has 1 rings (SSSR count). The largest absolute Gasteiger partial charge is 0.451 e. The fourth-order valence-corrected chi connectivity index (χ4v) is 4.99. The van der Waals surface area contributed by atoms with Gasteiger partial charge in [-0.1, -0.05) is 83.1 Å². The van der Waals surface area contributed by atoms with Crippen molar-refractivity contribution in [3.05, 3.63) is 0 Å². The highest BCUT2D eigenvalue weighted by atomic mass is 16.6. The van der Waals surface area contributed by atoms with Gasteiger partial charge in [0.15, 0.2) is 24.4 Å². The lowest BCUT2D eigenvalue weighted by atomic mass is 10.0. The Morgan fingerprint density at radius 1 is 0.346 bits per heavy atom. The topological polar surface area (TPSA) is 222 Å². The zero-order valence-corrected chi connectivity index (χ0v) is 33.0. The summed E-state index contributed by atoms with van der Waals surface area (Å²) < 4.78 is 22.0. The molecule has 16 heteroatoms. The molecule has 0 aliphatic carbocycles. The Morgan fingerprint density at radius 3 is 0.769 bits per heavy atom. The second-order valence-electron chi connectivity index (χ2n) is 15.3. The lowest BCUT2D eigenvalue weighted by molar-refractivity contribution is -0.167. The standard InChI is InChI=1S/C36H60N4O12/c1-15(2)23-33(45)49-21(13)29(41)37-26(18(7)8)36(48)52-28(20(11)12)32(44)40-24(16(3)4)34(46)50-22(14)30(42)38-25(17(5)6)35(47)51-27(19(9)10)31(43)39-23/h15-28H,1-14H3,(H,37,41)(H,38,42)(H,39,43)(H,40,44)/t21-,22-,23-,24-,25+,26+,27-,28-/m1/s1. The van der Waals surface area contributed by atoms with Crippen LogP contribution in [0.5, 0.6) is 0 Å². The van der Waals surface area contributed by atoms with E-state index < -0.39 is 132 Å². The van der Waals surface area contributed by atoms with E-state index >= 15 is 0 Å². The molecule has 0 aromatic rings. The van der Waals surface area contributed by atoms with Gasteiger partial charge in [0.05, 0.1) is 0 Å². The number of nitrogens with one attached hydrogen (secondary N) is 4. The van der Waals surface area contributed by atoms with Crippen LogP contribution in [0, 0.1) is 35.5 Å². The molecular weight excluding hydrogens is 680 g/mol. The van der Waals surface area contributed by atoms with Gasteiger partial charge in [-0.25, -0.2) is 19.2 Å². The predicted octanol–water partition coefficient (Wildman–Crippen LogP) is 1.56. The summed E-state index contributed by atoms with van der Waals surface area (Å²) in [6.07, 6.45) is -5.65. The quantitative estimate of drug-likeness (QED) is 0.225. The van der Waals surface area contributed by atoms with Crippen molar-refractivity contribution < 1.29 is 57.3 Å². The maximum Gasteiger partial charge on any atom is 0.329 e. The first-order valence-corrected chi connectivity index (χ1v) is 17.9. The molecule has 0 aromatic carbocycles. The molecule has 296 valence electrons. The number of ether oxygens (including phenoxy) is 4. The SMILES string of the molecule is CC(C)[C@@H]1NC(=O)[C@@H](C)OC(=O)[C@@H](C(C)C)NC(=O)[C@@H](C(C)C)OC(=O)[C@H](C(C)C)NC(=O)[C@@H](C)OC(=O)[C@@H](C(C)C)NC(=O)[C@@H](C(C)C)OC1=O. The Balaban J connectivity index is 3.68. The van der Waals surface area contributed by atoms with E-state index in [0.29, 0.717) is 0 Å². The Bertz CT molecular complexity index is 1200. The Kier molecular flexibility index (Phi) is 17.7. The second kappa shape index (κ2) is 20.1. The minimum Gasteiger partial charge on any atom is -0.451 e. The molecule has 0 saturated carbocycles. The van der Waals surface area contributed by atoms with Crippen LogP contribution in [0.2, 0.25) is 0 Å². The van der Waals surface area contributed by atoms with E-state index in [9.17, 15) is 38.4 Å². The molecule has 0 radical (unpaired) electrons. The molecule has 1 aliphatic heterocycles. The van der Waals surface area contributed by atoms with Gasteiger partial charge in [-0.05, 0) is 49.4 Å². The number of hydrogen-bond acceptors (Lipinski definition) is 12. The van der Waals surface area contributed by atoms with E-state index in [1.165, 1.54) is 13.8 Å². The molecule has 1 aliphatic rings. The Hall–Kier alpha value is -4.24. The third kappa shape index (κ3) is 13.1. The van der Waals surface area contributed by atoms with Crippen LogP contribution in [-0.2, 0) is 57.3 Å². The fraction of sp³-hybridized carbons (Fsp3) is 0.778. The molecule has 4 amide bonds. The highest BCUT2D eigenvalue weighted by Gasteiger charge is 2.40. The highest BCUT2D eigenvalue weighted by Crippen LogP contribution is 2.17. The minimum atomic E-state index is -1.43. The van der Waals surface area contributed by atoms with Crippen LogP contribution >= 0.6 is 0 Å². The maximum absolute atomic E-state index is 13.5. The van der Waals surface area contributed by atoms with Crippen LogP contribution in [0.1, 0.15) is 96.9 Å². The minimum absolute atomic E-state index is 0.534. The van der Waals surface area contributed by atoms with Crippen LogP contribution < -0.4 is 21.3 Å². The van der Waals surface area contributed by atoms with Crippen LogP contribution in [-0.4, -0.2) is 96.1 Å². The first kappa shape index (κ1) is 45.8. The van der Waals surface area contributed by atoms with Gasteiger partial charge in [0.1, 0.15) is 24.2 Å². The van der Waals surface area contributed by atoms with Crippen molar-refractivity contribution in [3.8, 4) is 0 Å². The maximum atomic E-state index is 13.5. The van der Waals surface area contributed by atoms with E-state index in [1.54, 1.807) is 83.1 Å². The molecule has 0 unspecified atom stereocenters. The average Bonchev–Trinajstić information content (AvgIpc) is 3.02. The summed E-state index contributed by atoms with van der Waals surface area (Å²) in [5.41, 5.74) is 0. The predicted molar refractivity (Wildman–Crippen MR) is 188 cm³/mol. The molecule has 8 atom stereocenters. The van der Waals surface area contributed by atoms with Gasteiger partial charge >= 0.3 is 23.9 Å². The van der Waals surface area contributed by atoms with Crippen LogP contribution in [0.25, 0.3) is 0 Å². The van der Waals surface area contributed by atoms with Crippen molar-refractivity contribution in [2.45, 2.75) is 146 Å². The molecule has 1 saturated heterocycles. The molecule has 52 heavy (non-hydrogen) atoms. The van der Waals surface area contributed by atoms with Gasteiger partial charge in [-0.15, -0.1) is 0 Å². The van der Waals surface area contributed by atoms with Crippen LogP contribution in [0.3, 0.4) is 0 Å². The van der Waals surface area contributed by atoms with E-state index in [1.807, 2.05) is 0 Å².